The van der Waals surface area contributed by atoms with E-state index >= 15 is 0 Å². The number of benzene rings is 1. The Labute approximate surface area is 112 Å². The SMILES string of the molecule is CCCOCC(CCc1ccc(C)cc1)NCC. The first-order valence-electron chi connectivity index (χ1n) is 7.13. The highest BCUT2D eigenvalue weighted by molar-refractivity contribution is 5.21. The molecule has 0 spiro atoms. The summed E-state index contributed by atoms with van der Waals surface area (Å²) >= 11 is 0. The van der Waals surface area contributed by atoms with Crippen LogP contribution in [-0.4, -0.2) is 25.8 Å². The van der Waals surface area contributed by atoms with Crippen LogP contribution < -0.4 is 5.32 Å². The summed E-state index contributed by atoms with van der Waals surface area (Å²) in [6.45, 7) is 9.13. The zero-order chi connectivity index (χ0) is 13.2. The van der Waals surface area contributed by atoms with Gasteiger partial charge in [0, 0.05) is 12.6 Å². The molecular weight excluding hydrogens is 222 g/mol. The van der Waals surface area contributed by atoms with Crippen molar-refractivity contribution in [3.05, 3.63) is 35.4 Å². The number of rotatable bonds is 9. The molecule has 0 saturated carbocycles. The molecule has 1 aromatic carbocycles. The number of hydrogen-bond acceptors (Lipinski definition) is 2. The standard InChI is InChI=1S/C16H27NO/c1-4-12-18-13-16(17-5-2)11-10-15-8-6-14(3)7-9-15/h6-9,16-17H,4-5,10-13H2,1-3H3. The molecule has 0 bridgehead atoms. The van der Waals surface area contributed by atoms with Crippen LogP contribution in [0, 0.1) is 6.92 Å². The van der Waals surface area contributed by atoms with Gasteiger partial charge >= 0.3 is 0 Å². The summed E-state index contributed by atoms with van der Waals surface area (Å²) < 4.78 is 5.64. The van der Waals surface area contributed by atoms with Crippen molar-refractivity contribution >= 4 is 0 Å². The molecule has 0 aromatic heterocycles. The van der Waals surface area contributed by atoms with E-state index in [4.69, 9.17) is 4.74 Å². The summed E-state index contributed by atoms with van der Waals surface area (Å²) in [5.41, 5.74) is 2.74. The topological polar surface area (TPSA) is 21.3 Å². The summed E-state index contributed by atoms with van der Waals surface area (Å²) in [7, 11) is 0. The van der Waals surface area contributed by atoms with Crippen LogP contribution >= 0.6 is 0 Å². The van der Waals surface area contributed by atoms with Crippen LogP contribution in [0.25, 0.3) is 0 Å². The van der Waals surface area contributed by atoms with Gasteiger partial charge in [-0.3, -0.25) is 0 Å². The summed E-state index contributed by atoms with van der Waals surface area (Å²) in [5.74, 6) is 0. The van der Waals surface area contributed by atoms with Crippen molar-refractivity contribution in [2.75, 3.05) is 19.8 Å². The molecule has 0 heterocycles. The zero-order valence-electron chi connectivity index (χ0n) is 12.0. The van der Waals surface area contributed by atoms with Crippen LogP contribution in [0.4, 0.5) is 0 Å². The molecule has 1 N–H and O–H groups in total. The van der Waals surface area contributed by atoms with Crippen molar-refractivity contribution in [2.24, 2.45) is 0 Å². The normalized spacial score (nSPS) is 12.6. The van der Waals surface area contributed by atoms with E-state index in [2.05, 4.69) is 50.4 Å². The molecule has 1 aromatic rings. The lowest BCUT2D eigenvalue weighted by Crippen LogP contribution is -2.34. The van der Waals surface area contributed by atoms with E-state index in [-0.39, 0.29) is 0 Å². The molecule has 1 unspecified atom stereocenters. The van der Waals surface area contributed by atoms with Crippen molar-refractivity contribution in [1.29, 1.82) is 0 Å². The van der Waals surface area contributed by atoms with Gasteiger partial charge in [0.25, 0.3) is 0 Å². The minimum Gasteiger partial charge on any atom is -0.380 e. The van der Waals surface area contributed by atoms with Crippen molar-refractivity contribution < 1.29 is 4.74 Å². The van der Waals surface area contributed by atoms with E-state index in [1.807, 2.05) is 0 Å². The van der Waals surface area contributed by atoms with Crippen LogP contribution in [0.2, 0.25) is 0 Å². The Hall–Kier alpha value is -0.860. The number of nitrogens with one attached hydrogen (secondary N) is 1. The van der Waals surface area contributed by atoms with Crippen molar-refractivity contribution in [2.45, 2.75) is 46.1 Å². The minimum atomic E-state index is 0.475. The largest absolute Gasteiger partial charge is 0.380 e. The fourth-order valence-corrected chi connectivity index (χ4v) is 2.00. The van der Waals surface area contributed by atoms with Gasteiger partial charge in [-0.05, 0) is 38.3 Å². The monoisotopic (exact) mass is 249 g/mol. The molecule has 0 fully saturated rings. The van der Waals surface area contributed by atoms with Gasteiger partial charge in [-0.25, -0.2) is 0 Å². The van der Waals surface area contributed by atoms with Crippen LogP contribution in [0.1, 0.15) is 37.8 Å². The van der Waals surface area contributed by atoms with Gasteiger partial charge in [0.2, 0.25) is 0 Å². The molecule has 1 atom stereocenters. The third-order valence-electron chi connectivity index (χ3n) is 3.06. The van der Waals surface area contributed by atoms with Crippen molar-refractivity contribution in [3.8, 4) is 0 Å². The van der Waals surface area contributed by atoms with Crippen LogP contribution in [0.3, 0.4) is 0 Å². The van der Waals surface area contributed by atoms with Gasteiger partial charge in [0.1, 0.15) is 0 Å². The van der Waals surface area contributed by atoms with Gasteiger partial charge in [-0.2, -0.15) is 0 Å². The van der Waals surface area contributed by atoms with Gasteiger partial charge in [0.15, 0.2) is 0 Å². The molecule has 0 saturated heterocycles. The molecule has 2 heteroatoms. The van der Waals surface area contributed by atoms with Gasteiger partial charge in [-0.1, -0.05) is 43.7 Å². The second-order valence-electron chi connectivity index (χ2n) is 4.85. The zero-order valence-corrected chi connectivity index (χ0v) is 12.0. The lowest BCUT2D eigenvalue weighted by molar-refractivity contribution is 0.110. The number of likely N-dealkylation sites (N-methyl/N-ethyl adjacent to an activating group) is 1. The summed E-state index contributed by atoms with van der Waals surface area (Å²) in [6, 6.07) is 9.30. The van der Waals surface area contributed by atoms with E-state index in [9.17, 15) is 0 Å². The van der Waals surface area contributed by atoms with E-state index in [1.54, 1.807) is 0 Å². The predicted molar refractivity (Wildman–Crippen MR) is 78.1 cm³/mol. The Bertz CT molecular complexity index is 307. The fraction of sp³-hybridized carbons (Fsp3) is 0.625. The molecule has 0 radical (unpaired) electrons. The average Bonchev–Trinajstić information content (AvgIpc) is 2.38. The quantitative estimate of drug-likeness (QED) is 0.678. The predicted octanol–water partition coefficient (Wildman–Crippen LogP) is 3.33. The first kappa shape index (κ1) is 15.2. The highest BCUT2D eigenvalue weighted by Crippen LogP contribution is 2.08. The molecule has 18 heavy (non-hydrogen) atoms. The second-order valence-corrected chi connectivity index (χ2v) is 4.85. The van der Waals surface area contributed by atoms with Crippen LogP contribution in [0.15, 0.2) is 24.3 Å². The lowest BCUT2D eigenvalue weighted by atomic mass is 10.0. The minimum absolute atomic E-state index is 0.475. The lowest BCUT2D eigenvalue weighted by Gasteiger charge is -2.18. The van der Waals surface area contributed by atoms with Gasteiger partial charge < -0.3 is 10.1 Å². The maximum absolute atomic E-state index is 5.64. The first-order chi connectivity index (χ1) is 8.76. The number of hydrogen-bond donors (Lipinski definition) is 1. The molecular formula is C16H27NO. The van der Waals surface area contributed by atoms with Gasteiger partial charge in [-0.15, -0.1) is 0 Å². The Morgan fingerprint density at radius 2 is 1.89 bits per heavy atom. The average molecular weight is 249 g/mol. The fourth-order valence-electron chi connectivity index (χ4n) is 2.00. The summed E-state index contributed by atoms with van der Waals surface area (Å²) in [5, 5.41) is 3.50. The number of aryl methyl sites for hydroxylation is 2. The Kier molecular flexibility index (Phi) is 7.70. The molecule has 0 amide bonds. The maximum atomic E-state index is 5.64. The summed E-state index contributed by atoms with van der Waals surface area (Å²) in [6.07, 6.45) is 3.35. The van der Waals surface area contributed by atoms with Crippen LogP contribution in [-0.2, 0) is 11.2 Å². The second kappa shape index (κ2) is 9.12. The molecule has 102 valence electrons. The highest BCUT2D eigenvalue weighted by Gasteiger charge is 2.07. The van der Waals surface area contributed by atoms with E-state index < -0.39 is 0 Å². The van der Waals surface area contributed by atoms with Crippen LogP contribution in [0.5, 0.6) is 0 Å². The van der Waals surface area contributed by atoms with E-state index in [0.717, 1.165) is 39.0 Å². The molecule has 1 rings (SSSR count). The van der Waals surface area contributed by atoms with Crippen molar-refractivity contribution in [3.63, 3.8) is 0 Å². The summed E-state index contributed by atoms with van der Waals surface area (Å²) in [4.78, 5) is 0. The van der Waals surface area contributed by atoms with Gasteiger partial charge in [0.05, 0.1) is 6.61 Å². The Balaban J connectivity index is 2.33. The maximum Gasteiger partial charge on any atom is 0.0619 e. The Morgan fingerprint density at radius 1 is 1.17 bits per heavy atom. The molecule has 0 aliphatic carbocycles. The number of ether oxygens (including phenoxy) is 1. The Morgan fingerprint density at radius 3 is 2.50 bits per heavy atom. The molecule has 2 nitrogen and oxygen atoms in total. The third-order valence-corrected chi connectivity index (χ3v) is 3.06. The van der Waals surface area contributed by atoms with E-state index in [0.29, 0.717) is 6.04 Å². The van der Waals surface area contributed by atoms with E-state index in [1.165, 1.54) is 11.1 Å². The highest BCUT2D eigenvalue weighted by atomic mass is 16.5. The third kappa shape index (κ3) is 6.18. The first-order valence-corrected chi connectivity index (χ1v) is 7.13. The van der Waals surface area contributed by atoms with Crippen molar-refractivity contribution in [1.82, 2.24) is 5.32 Å². The molecule has 0 aliphatic rings. The smallest absolute Gasteiger partial charge is 0.0619 e. The molecule has 0 aliphatic heterocycles.